The van der Waals surface area contributed by atoms with Gasteiger partial charge in [-0.05, 0) is 19.1 Å². The van der Waals surface area contributed by atoms with Gasteiger partial charge in [0.15, 0.2) is 5.82 Å². The lowest BCUT2D eigenvalue weighted by atomic mass is 10.1. The molecule has 90 valence electrons. The molecule has 0 saturated heterocycles. The van der Waals surface area contributed by atoms with Crippen LogP contribution >= 0.6 is 11.3 Å². The van der Waals surface area contributed by atoms with Crippen LogP contribution < -0.4 is 5.32 Å². The number of nitrogens with zero attached hydrogens (tertiary/aromatic N) is 2. The lowest BCUT2D eigenvalue weighted by molar-refractivity contribution is 1.12. The second kappa shape index (κ2) is 4.74. The van der Waals surface area contributed by atoms with Gasteiger partial charge in [0, 0.05) is 33.8 Å². The summed E-state index contributed by atoms with van der Waals surface area (Å²) in [5.41, 5.74) is 1.11. The van der Waals surface area contributed by atoms with E-state index >= 15 is 0 Å². The van der Waals surface area contributed by atoms with E-state index in [1.54, 1.807) is 17.5 Å². The van der Waals surface area contributed by atoms with Crippen molar-refractivity contribution in [3.8, 4) is 11.4 Å². The van der Waals surface area contributed by atoms with E-state index < -0.39 is 0 Å². The molecule has 0 spiro atoms. The van der Waals surface area contributed by atoms with Crippen LogP contribution in [-0.4, -0.2) is 16.5 Å². The van der Waals surface area contributed by atoms with E-state index in [1.807, 2.05) is 12.1 Å². The quantitative estimate of drug-likeness (QED) is 0.773. The number of nitrogens with one attached hydrogen (secondary N) is 1. The molecule has 1 aromatic carbocycles. The Kier molecular flexibility index (Phi) is 2.94. The number of hydrogen-bond acceptors (Lipinski definition) is 4. The van der Waals surface area contributed by atoms with Crippen LogP contribution in [0.25, 0.3) is 21.5 Å². The van der Waals surface area contributed by atoms with Crippen molar-refractivity contribution in [2.24, 2.45) is 0 Å². The van der Waals surface area contributed by atoms with Crippen molar-refractivity contribution < 1.29 is 0 Å². The lowest BCUT2D eigenvalue weighted by Crippen LogP contribution is -2.00. The Bertz CT molecular complexity index is 675. The van der Waals surface area contributed by atoms with Gasteiger partial charge in [-0.25, -0.2) is 9.97 Å². The summed E-state index contributed by atoms with van der Waals surface area (Å²) in [7, 11) is 0. The second-order valence-electron chi connectivity index (χ2n) is 3.94. The van der Waals surface area contributed by atoms with Gasteiger partial charge >= 0.3 is 0 Å². The van der Waals surface area contributed by atoms with Gasteiger partial charge < -0.3 is 5.32 Å². The van der Waals surface area contributed by atoms with Crippen LogP contribution in [-0.2, 0) is 0 Å². The van der Waals surface area contributed by atoms with Gasteiger partial charge in [0.05, 0.1) is 0 Å². The van der Waals surface area contributed by atoms with Crippen LogP contribution in [0.2, 0.25) is 0 Å². The first kappa shape index (κ1) is 11.2. The first-order valence-corrected chi connectivity index (χ1v) is 6.80. The van der Waals surface area contributed by atoms with Gasteiger partial charge in [-0.2, -0.15) is 0 Å². The van der Waals surface area contributed by atoms with E-state index in [9.17, 15) is 0 Å². The van der Waals surface area contributed by atoms with Crippen molar-refractivity contribution in [2.45, 2.75) is 6.92 Å². The van der Waals surface area contributed by atoms with Crippen molar-refractivity contribution in [3.63, 3.8) is 0 Å². The zero-order valence-electron chi connectivity index (χ0n) is 10.1. The molecule has 1 N–H and O–H groups in total. The molecule has 0 bridgehead atoms. The SMILES string of the molecule is CCNc1ccnc(-c2csc3ccccc23)n1. The third-order valence-corrected chi connectivity index (χ3v) is 3.70. The summed E-state index contributed by atoms with van der Waals surface area (Å²) in [6, 6.07) is 10.2. The summed E-state index contributed by atoms with van der Waals surface area (Å²) in [6.45, 7) is 2.92. The smallest absolute Gasteiger partial charge is 0.162 e. The van der Waals surface area contributed by atoms with Crippen LogP contribution in [0.5, 0.6) is 0 Å². The molecule has 0 aliphatic heterocycles. The maximum absolute atomic E-state index is 4.54. The zero-order chi connectivity index (χ0) is 12.4. The standard InChI is InChI=1S/C14H13N3S/c1-2-15-13-7-8-16-14(17-13)11-9-18-12-6-4-3-5-10(11)12/h3-9H,2H2,1H3,(H,15,16,17). The first-order valence-electron chi connectivity index (χ1n) is 5.92. The molecular formula is C14H13N3S. The molecule has 0 fully saturated rings. The number of benzene rings is 1. The second-order valence-corrected chi connectivity index (χ2v) is 4.85. The summed E-state index contributed by atoms with van der Waals surface area (Å²) in [5, 5.41) is 6.55. The maximum Gasteiger partial charge on any atom is 0.162 e. The third-order valence-electron chi connectivity index (χ3n) is 2.74. The number of anilines is 1. The predicted octanol–water partition coefficient (Wildman–Crippen LogP) is 3.79. The minimum absolute atomic E-state index is 0.783. The highest BCUT2D eigenvalue weighted by atomic mass is 32.1. The Morgan fingerprint density at radius 3 is 3.00 bits per heavy atom. The van der Waals surface area contributed by atoms with Crippen molar-refractivity contribution in [3.05, 3.63) is 41.9 Å². The highest BCUT2D eigenvalue weighted by Gasteiger charge is 2.08. The molecule has 0 amide bonds. The fourth-order valence-corrected chi connectivity index (χ4v) is 2.86. The molecule has 3 nitrogen and oxygen atoms in total. The Labute approximate surface area is 110 Å². The van der Waals surface area contributed by atoms with E-state index in [0.29, 0.717) is 0 Å². The predicted molar refractivity (Wildman–Crippen MR) is 77.0 cm³/mol. The number of hydrogen-bond donors (Lipinski definition) is 1. The lowest BCUT2D eigenvalue weighted by Gasteiger charge is -2.03. The van der Waals surface area contributed by atoms with E-state index in [0.717, 1.165) is 23.8 Å². The van der Waals surface area contributed by atoms with Crippen LogP contribution in [0.15, 0.2) is 41.9 Å². The van der Waals surface area contributed by atoms with Gasteiger partial charge in [0.2, 0.25) is 0 Å². The highest BCUT2D eigenvalue weighted by molar-refractivity contribution is 7.17. The fourth-order valence-electron chi connectivity index (χ4n) is 1.92. The van der Waals surface area contributed by atoms with Gasteiger partial charge in [0.25, 0.3) is 0 Å². The molecule has 2 aromatic heterocycles. The molecule has 18 heavy (non-hydrogen) atoms. The van der Waals surface area contributed by atoms with Gasteiger partial charge in [-0.1, -0.05) is 18.2 Å². The van der Waals surface area contributed by atoms with Crippen molar-refractivity contribution in [1.29, 1.82) is 0 Å². The Hall–Kier alpha value is -1.94. The van der Waals surface area contributed by atoms with Crippen LogP contribution in [0.4, 0.5) is 5.82 Å². The summed E-state index contributed by atoms with van der Waals surface area (Å²) >= 11 is 1.73. The summed E-state index contributed by atoms with van der Waals surface area (Å²) in [4.78, 5) is 8.91. The number of rotatable bonds is 3. The van der Waals surface area contributed by atoms with E-state index in [2.05, 4.69) is 45.8 Å². The number of fused-ring (bicyclic) bond motifs is 1. The molecule has 0 aliphatic carbocycles. The van der Waals surface area contributed by atoms with Gasteiger partial charge in [0.1, 0.15) is 5.82 Å². The molecule has 0 atom stereocenters. The average molecular weight is 255 g/mol. The number of aromatic nitrogens is 2. The Morgan fingerprint density at radius 2 is 2.11 bits per heavy atom. The van der Waals surface area contributed by atoms with E-state index in [-0.39, 0.29) is 0 Å². The third kappa shape index (κ3) is 1.95. The normalized spacial score (nSPS) is 10.7. The molecule has 3 aromatic rings. The molecule has 3 rings (SSSR count). The molecule has 0 saturated carbocycles. The topological polar surface area (TPSA) is 37.8 Å². The fraction of sp³-hybridized carbons (Fsp3) is 0.143. The van der Waals surface area contributed by atoms with Gasteiger partial charge in [-0.3, -0.25) is 0 Å². The van der Waals surface area contributed by atoms with Crippen LogP contribution in [0.1, 0.15) is 6.92 Å². The Morgan fingerprint density at radius 1 is 1.22 bits per heavy atom. The van der Waals surface area contributed by atoms with Crippen LogP contribution in [0.3, 0.4) is 0 Å². The first-order chi connectivity index (χ1) is 8.88. The molecule has 4 heteroatoms. The molecule has 0 unspecified atom stereocenters. The minimum atomic E-state index is 0.783. The molecule has 2 heterocycles. The number of thiophene rings is 1. The Balaban J connectivity index is 2.11. The molecule has 0 aliphatic rings. The largest absolute Gasteiger partial charge is 0.370 e. The average Bonchev–Trinajstić information content (AvgIpc) is 2.83. The van der Waals surface area contributed by atoms with E-state index in [4.69, 9.17) is 0 Å². The summed E-state index contributed by atoms with van der Waals surface area (Å²) < 4.78 is 1.27. The van der Waals surface area contributed by atoms with Crippen molar-refractivity contribution in [2.75, 3.05) is 11.9 Å². The maximum atomic E-state index is 4.54. The van der Waals surface area contributed by atoms with Crippen molar-refractivity contribution in [1.82, 2.24) is 9.97 Å². The van der Waals surface area contributed by atoms with E-state index in [1.165, 1.54) is 10.1 Å². The van der Waals surface area contributed by atoms with Crippen LogP contribution in [0, 0.1) is 0 Å². The molecule has 0 radical (unpaired) electrons. The highest BCUT2D eigenvalue weighted by Crippen LogP contribution is 2.31. The summed E-state index contributed by atoms with van der Waals surface area (Å²) in [6.07, 6.45) is 1.80. The van der Waals surface area contributed by atoms with Gasteiger partial charge in [-0.15, -0.1) is 11.3 Å². The molecular weight excluding hydrogens is 242 g/mol. The summed E-state index contributed by atoms with van der Waals surface area (Å²) in [5.74, 6) is 1.66. The minimum Gasteiger partial charge on any atom is -0.370 e. The zero-order valence-corrected chi connectivity index (χ0v) is 10.9. The van der Waals surface area contributed by atoms with Crippen molar-refractivity contribution >= 4 is 27.2 Å². The monoisotopic (exact) mass is 255 g/mol.